The van der Waals surface area contributed by atoms with Crippen molar-refractivity contribution in [3.8, 4) is 0 Å². The van der Waals surface area contributed by atoms with E-state index in [0.29, 0.717) is 20.6 Å². The van der Waals surface area contributed by atoms with Crippen LogP contribution in [0.5, 0.6) is 0 Å². The van der Waals surface area contributed by atoms with Gasteiger partial charge in [-0.1, -0.05) is 23.2 Å². The number of thiocarbonyl (C=S) groups is 1. The molecule has 0 saturated carbocycles. The monoisotopic (exact) mass is 428 g/mol. The van der Waals surface area contributed by atoms with E-state index in [1.807, 2.05) is 0 Å². The lowest BCUT2D eigenvalue weighted by Gasteiger charge is -2.11. The third-order valence-electron chi connectivity index (χ3n) is 3.44. The summed E-state index contributed by atoms with van der Waals surface area (Å²) in [7, 11) is 1.30. The number of carbonyl (C=O) groups is 1. The molecule has 0 saturated heterocycles. The average Bonchev–Trinajstić information content (AvgIpc) is 2.93. The molecule has 0 spiro atoms. The Morgan fingerprint density at radius 3 is 2.65 bits per heavy atom. The summed E-state index contributed by atoms with van der Waals surface area (Å²) in [6, 6.07) is 9.58. The Labute approximate surface area is 167 Å². The molecule has 2 N–H and O–H groups in total. The molecule has 1 aromatic heterocycles. The molecule has 0 aliphatic carbocycles. The van der Waals surface area contributed by atoms with Crippen LogP contribution in [-0.2, 0) is 4.74 Å². The third-order valence-corrected chi connectivity index (χ3v) is 5.51. The summed E-state index contributed by atoms with van der Waals surface area (Å²) >= 11 is 18.4. The number of nitrogens with one attached hydrogen (secondary N) is 2. The van der Waals surface area contributed by atoms with Gasteiger partial charge in [0.2, 0.25) is 0 Å². The number of thiophene rings is 1. The van der Waals surface area contributed by atoms with Crippen LogP contribution in [0.3, 0.4) is 0 Å². The zero-order valence-corrected chi connectivity index (χ0v) is 16.4. The van der Waals surface area contributed by atoms with Crippen LogP contribution >= 0.6 is 46.8 Å². The number of fused-ring (bicyclic) bond motifs is 1. The Hall–Kier alpha value is -1.93. The summed E-state index contributed by atoms with van der Waals surface area (Å²) in [5, 5.41) is 7.34. The van der Waals surface area contributed by atoms with Gasteiger partial charge >= 0.3 is 5.97 Å². The van der Waals surface area contributed by atoms with Gasteiger partial charge < -0.3 is 15.4 Å². The standard InChI is InChI=1S/C17H11Cl2FN2O2S2/c1-24-16(23)15-14(19)10-4-3-9(7-13(10)26-15)21-17(25)22-12-5-2-8(18)6-11(12)20/h2-7H,1H3,(H2,21,22,25). The molecule has 0 unspecified atom stereocenters. The van der Waals surface area contributed by atoms with Gasteiger partial charge in [0.05, 0.1) is 17.8 Å². The highest BCUT2D eigenvalue weighted by Gasteiger charge is 2.17. The van der Waals surface area contributed by atoms with Crippen molar-refractivity contribution in [3.05, 3.63) is 57.1 Å². The van der Waals surface area contributed by atoms with Crippen LogP contribution in [0.15, 0.2) is 36.4 Å². The molecule has 3 rings (SSSR count). The third kappa shape index (κ3) is 3.91. The van der Waals surface area contributed by atoms with Crippen LogP contribution in [0.4, 0.5) is 15.8 Å². The molecule has 0 fully saturated rings. The molecule has 3 aromatic rings. The first-order valence-electron chi connectivity index (χ1n) is 7.22. The largest absolute Gasteiger partial charge is 0.465 e. The normalized spacial score (nSPS) is 10.6. The Kier molecular flexibility index (Phi) is 5.62. The Morgan fingerprint density at radius 1 is 1.19 bits per heavy atom. The van der Waals surface area contributed by atoms with E-state index in [2.05, 4.69) is 10.6 Å². The van der Waals surface area contributed by atoms with Crippen molar-refractivity contribution >= 4 is 79.3 Å². The van der Waals surface area contributed by atoms with Crippen LogP contribution in [0.1, 0.15) is 9.67 Å². The Balaban J connectivity index is 1.80. The maximum Gasteiger partial charge on any atom is 0.349 e. The van der Waals surface area contributed by atoms with Crippen LogP contribution in [-0.4, -0.2) is 18.2 Å². The molecule has 4 nitrogen and oxygen atoms in total. The fraction of sp³-hybridized carbons (Fsp3) is 0.0588. The number of anilines is 2. The second-order valence-corrected chi connectivity index (χ2v) is 7.43. The van der Waals surface area contributed by atoms with Gasteiger partial charge in [0.15, 0.2) is 5.11 Å². The van der Waals surface area contributed by atoms with Gasteiger partial charge in [0, 0.05) is 20.8 Å². The molecule has 0 amide bonds. The summed E-state index contributed by atoms with van der Waals surface area (Å²) in [4.78, 5) is 12.1. The number of halogens is 3. The minimum Gasteiger partial charge on any atom is -0.465 e. The van der Waals surface area contributed by atoms with Crippen molar-refractivity contribution in [2.24, 2.45) is 0 Å². The van der Waals surface area contributed by atoms with Gasteiger partial charge in [-0.05, 0) is 48.6 Å². The minimum atomic E-state index is -0.509. The lowest BCUT2D eigenvalue weighted by Crippen LogP contribution is -2.19. The van der Waals surface area contributed by atoms with Crippen molar-refractivity contribution in [1.82, 2.24) is 0 Å². The zero-order valence-electron chi connectivity index (χ0n) is 13.2. The lowest BCUT2D eigenvalue weighted by atomic mass is 10.2. The van der Waals surface area contributed by atoms with Crippen molar-refractivity contribution in [1.29, 1.82) is 0 Å². The van der Waals surface area contributed by atoms with Crippen molar-refractivity contribution in [3.63, 3.8) is 0 Å². The fourth-order valence-electron chi connectivity index (χ4n) is 2.24. The van der Waals surface area contributed by atoms with E-state index in [1.165, 1.54) is 30.6 Å². The first-order valence-corrected chi connectivity index (χ1v) is 9.20. The fourth-order valence-corrected chi connectivity index (χ4v) is 4.09. The number of hydrogen-bond donors (Lipinski definition) is 2. The van der Waals surface area contributed by atoms with Gasteiger partial charge in [-0.25, -0.2) is 9.18 Å². The number of hydrogen-bond acceptors (Lipinski definition) is 4. The number of benzene rings is 2. The van der Waals surface area contributed by atoms with E-state index in [4.69, 9.17) is 40.2 Å². The molecule has 1 heterocycles. The van der Waals surface area contributed by atoms with Crippen LogP contribution < -0.4 is 10.6 Å². The van der Waals surface area contributed by atoms with E-state index < -0.39 is 11.8 Å². The van der Waals surface area contributed by atoms with Gasteiger partial charge in [0.1, 0.15) is 10.7 Å². The number of rotatable bonds is 3. The molecule has 134 valence electrons. The zero-order chi connectivity index (χ0) is 18.8. The molecule has 0 aliphatic heterocycles. The van der Waals surface area contributed by atoms with Crippen molar-refractivity contribution in [2.75, 3.05) is 17.7 Å². The predicted molar refractivity (Wildman–Crippen MR) is 109 cm³/mol. The van der Waals surface area contributed by atoms with Gasteiger partial charge in [-0.3, -0.25) is 0 Å². The molecular formula is C17H11Cl2FN2O2S2. The van der Waals surface area contributed by atoms with E-state index in [-0.39, 0.29) is 10.8 Å². The summed E-state index contributed by atoms with van der Waals surface area (Å²) in [6.45, 7) is 0. The van der Waals surface area contributed by atoms with Gasteiger partial charge in [0.25, 0.3) is 0 Å². The van der Waals surface area contributed by atoms with Crippen molar-refractivity contribution < 1.29 is 13.9 Å². The first kappa shape index (κ1) is 18.8. The molecule has 0 radical (unpaired) electrons. The number of ether oxygens (including phenoxy) is 1. The van der Waals surface area contributed by atoms with E-state index in [0.717, 1.165) is 10.1 Å². The van der Waals surface area contributed by atoms with E-state index in [9.17, 15) is 9.18 Å². The highest BCUT2D eigenvalue weighted by molar-refractivity contribution is 7.80. The summed E-state index contributed by atoms with van der Waals surface area (Å²) in [5.74, 6) is -0.994. The first-order chi connectivity index (χ1) is 12.4. The van der Waals surface area contributed by atoms with Gasteiger partial charge in [-0.2, -0.15) is 0 Å². The van der Waals surface area contributed by atoms with Crippen LogP contribution in [0.2, 0.25) is 10.0 Å². The summed E-state index contributed by atoms with van der Waals surface area (Å²) < 4.78 is 19.3. The van der Waals surface area contributed by atoms with Crippen LogP contribution in [0, 0.1) is 5.82 Å². The molecule has 9 heteroatoms. The second kappa shape index (κ2) is 7.75. The molecule has 0 aliphatic rings. The summed E-state index contributed by atoms with van der Waals surface area (Å²) in [6.07, 6.45) is 0. The topological polar surface area (TPSA) is 50.4 Å². The predicted octanol–water partition coefficient (Wildman–Crippen LogP) is 5.94. The quantitative estimate of drug-likeness (QED) is 0.399. The molecule has 0 bridgehead atoms. The average molecular weight is 429 g/mol. The SMILES string of the molecule is COC(=O)c1sc2cc(NC(=S)Nc3ccc(Cl)cc3F)ccc2c1Cl. The molecule has 0 atom stereocenters. The molecular weight excluding hydrogens is 418 g/mol. The van der Waals surface area contributed by atoms with Crippen LogP contribution in [0.25, 0.3) is 10.1 Å². The number of carbonyl (C=O) groups excluding carboxylic acids is 1. The highest BCUT2D eigenvalue weighted by Crippen LogP contribution is 2.37. The molecule has 2 aromatic carbocycles. The highest BCUT2D eigenvalue weighted by atomic mass is 35.5. The smallest absolute Gasteiger partial charge is 0.349 e. The number of methoxy groups -OCH3 is 1. The number of esters is 1. The maximum atomic E-state index is 13.8. The molecule has 26 heavy (non-hydrogen) atoms. The van der Waals surface area contributed by atoms with Crippen molar-refractivity contribution in [2.45, 2.75) is 0 Å². The lowest BCUT2D eigenvalue weighted by molar-refractivity contribution is 0.0606. The van der Waals surface area contributed by atoms with Gasteiger partial charge in [-0.15, -0.1) is 11.3 Å². The second-order valence-electron chi connectivity index (χ2n) is 5.15. The Morgan fingerprint density at radius 2 is 1.96 bits per heavy atom. The van der Waals surface area contributed by atoms with E-state index >= 15 is 0 Å². The Bertz CT molecular complexity index is 1020. The van der Waals surface area contributed by atoms with E-state index in [1.54, 1.807) is 24.3 Å². The maximum absolute atomic E-state index is 13.8. The minimum absolute atomic E-state index is 0.208. The summed E-state index contributed by atoms with van der Waals surface area (Å²) in [5.41, 5.74) is 0.874.